The zero-order valence-corrected chi connectivity index (χ0v) is 9.69. The number of fused-ring (bicyclic) bond motifs is 1. The number of nitrogens with one attached hydrogen (secondary N) is 1. The molecule has 0 aromatic heterocycles. The van der Waals surface area contributed by atoms with E-state index in [1.165, 1.54) is 0 Å². The highest BCUT2D eigenvalue weighted by molar-refractivity contribution is 5.55. The molecule has 1 aromatic rings. The van der Waals surface area contributed by atoms with Gasteiger partial charge in [-0.1, -0.05) is 0 Å². The summed E-state index contributed by atoms with van der Waals surface area (Å²) in [4.78, 5) is 0. The Morgan fingerprint density at radius 1 is 1.12 bits per heavy atom. The van der Waals surface area contributed by atoms with Crippen LogP contribution in [0, 0.1) is 0 Å². The molecule has 0 saturated heterocycles. The number of hydrogen-bond donors (Lipinski definition) is 2. The van der Waals surface area contributed by atoms with Gasteiger partial charge in [0.15, 0.2) is 11.5 Å². The highest BCUT2D eigenvalue weighted by Gasteiger charge is 2.25. The van der Waals surface area contributed by atoms with Crippen LogP contribution in [0.25, 0.3) is 0 Å². The van der Waals surface area contributed by atoms with Gasteiger partial charge in [0.25, 0.3) is 0 Å². The van der Waals surface area contributed by atoms with Gasteiger partial charge in [-0.05, 0) is 31.4 Å². The number of aliphatic hydroxyl groups excluding tert-OH is 1. The molecule has 4 heteroatoms. The second-order valence-corrected chi connectivity index (χ2v) is 4.61. The monoisotopic (exact) mass is 235 g/mol. The normalized spacial score (nSPS) is 26.9. The minimum atomic E-state index is -0.233. The third kappa shape index (κ3) is 2.17. The van der Waals surface area contributed by atoms with Gasteiger partial charge in [-0.15, -0.1) is 0 Å². The van der Waals surface area contributed by atoms with Crippen molar-refractivity contribution in [3.8, 4) is 11.5 Å². The lowest BCUT2D eigenvalue weighted by Crippen LogP contribution is -2.28. The molecule has 2 unspecified atom stereocenters. The fourth-order valence-electron chi connectivity index (χ4n) is 2.46. The van der Waals surface area contributed by atoms with Gasteiger partial charge in [-0.25, -0.2) is 0 Å². The molecule has 2 N–H and O–H groups in total. The van der Waals surface area contributed by atoms with Gasteiger partial charge in [0, 0.05) is 11.8 Å². The summed E-state index contributed by atoms with van der Waals surface area (Å²) in [5.74, 6) is 1.59. The van der Waals surface area contributed by atoms with Gasteiger partial charge in [0.1, 0.15) is 13.2 Å². The number of ether oxygens (including phenoxy) is 2. The van der Waals surface area contributed by atoms with Crippen molar-refractivity contribution in [2.24, 2.45) is 0 Å². The summed E-state index contributed by atoms with van der Waals surface area (Å²) >= 11 is 0. The smallest absolute Gasteiger partial charge is 0.163 e. The summed E-state index contributed by atoms with van der Waals surface area (Å²) < 4.78 is 11.0. The number of rotatable bonds is 2. The van der Waals surface area contributed by atoms with Crippen LogP contribution >= 0.6 is 0 Å². The molecule has 92 valence electrons. The van der Waals surface area contributed by atoms with Crippen molar-refractivity contribution in [1.82, 2.24) is 0 Å². The highest BCUT2D eigenvalue weighted by atomic mass is 16.6. The Balaban J connectivity index is 1.75. The zero-order valence-electron chi connectivity index (χ0n) is 9.69. The largest absolute Gasteiger partial charge is 0.486 e. The molecule has 2 aliphatic rings. The lowest BCUT2D eigenvalue weighted by atomic mass is 10.2. The zero-order chi connectivity index (χ0) is 11.7. The molecule has 0 radical (unpaired) electrons. The van der Waals surface area contributed by atoms with E-state index < -0.39 is 0 Å². The Labute approximate surface area is 101 Å². The van der Waals surface area contributed by atoms with Crippen LogP contribution < -0.4 is 14.8 Å². The predicted octanol–water partition coefficient (Wildman–Crippen LogP) is 1.78. The van der Waals surface area contributed by atoms with Crippen molar-refractivity contribution in [1.29, 1.82) is 0 Å². The maximum Gasteiger partial charge on any atom is 0.163 e. The average molecular weight is 235 g/mol. The third-order valence-electron chi connectivity index (χ3n) is 3.37. The minimum Gasteiger partial charge on any atom is -0.486 e. The van der Waals surface area contributed by atoms with E-state index in [0.717, 1.165) is 36.4 Å². The van der Waals surface area contributed by atoms with Crippen molar-refractivity contribution >= 4 is 5.69 Å². The summed E-state index contributed by atoms with van der Waals surface area (Å²) in [7, 11) is 0. The molecule has 1 heterocycles. The summed E-state index contributed by atoms with van der Waals surface area (Å²) in [6.07, 6.45) is 2.77. The second kappa shape index (κ2) is 4.45. The van der Waals surface area contributed by atoms with Crippen LogP contribution in [0.4, 0.5) is 5.69 Å². The maximum atomic E-state index is 9.77. The summed E-state index contributed by atoms with van der Waals surface area (Å²) in [6, 6.07) is 5.99. The van der Waals surface area contributed by atoms with Crippen LogP contribution in [0.15, 0.2) is 18.2 Å². The van der Waals surface area contributed by atoms with Crippen LogP contribution in [0.2, 0.25) is 0 Å². The van der Waals surface area contributed by atoms with Crippen LogP contribution in [0.3, 0.4) is 0 Å². The number of hydrogen-bond acceptors (Lipinski definition) is 4. The summed E-state index contributed by atoms with van der Waals surface area (Å²) in [5.41, 5.74) is 0.986. The SMILES string of the molecule is OC1CCCC1Nc1ccc2c(c1)OCCO2. The van der Waals surface area contributed by atoms with Crippen LogP contribution in [-0.2, 0) is 0 Å². The van der Waals surface area contributed by atoms with E-state index >= 15 is 0 Å². The van der Waals surface area contributed by atoms with E-state index in [4.69, 9.17) is 9.47 Å². The molecule has 0 spiro atoms. The fraction of sp³-hybridized carbons (Fsp3) is 0.538. The van der Waals surface area contributed by atoms with E-state index in [1.807, 2.05) is 18.2 Å². The van der Waals surface area contributed by atoms with Crippen molar-refractivity contribution in [3.63, 3.8) is 0 Å². The number of aliphatic hydroxyl groups is 1. The van der Waals surface area contributed by atoms with Gasteiger partial charge in [-0.3, -0.25) is 0 Å². The topological polar surface area (TPSA) is 50.7 Å². The lowest BCUT2D eigenvalue weighted by molar-refractivity contribution is 0.170. The van der Waals surface area contributed by atoms with E-state index in [2.05, 4.69) is 5.32 Å². The molecule has 0 amide bonds. The van der Waals surface area contributed by atoms with E-state index in [-0.39, 0.29) is 12.1 Å². The second-order valence-electron chi connectivity index (χ2n) is 4.61. The lowest BCUT2D eigenvalue weighted by Gasteiger charge is -2.21. The van der Waals surface area contributed by atoms with Crippen LogP contribution in [0.5, 0.6) is 11.5 Å². The highest BCUT2D eigenvalue weighted by Crippen LogP contribution is 2.33. The average Bonchev–Trinajstić information content (AvgIpc) is 2.75. The van der Waals surface area contributed by atoms with Crippen LogP contribution in [-0.4, -0.2) is 30.5 Å². The van der Waals surface area contributed by atoms with Crippen LogP contribution in [0.1, 0.15) is 19.3 Å². The first-order chi connectivity index (χ1) is 8.33. The molecular weight excluding hydrogens is 218 g/mol. The van der Waals surface area contributed by atoms with Gasteiger partial charge >= 0.3 is 0 Å². The van der Waals surface area contributed by atoms with Gasteiger partial charge in [0.2, 0.25) is 0 Å². The molecule has 3 rings (SSSR count). The summed E-state index contributed by atoms with van der Waals surface area (Å²) in [5, 5.41) is 13.1. The molecule has 1 aromatic carbocycles. The number of benzene rings is 1. The molecule has 17 heavy (non-hydrogen) atoms. The Kier molecular flexibility index (Phi) is 2.81. The molecule has 0 bridgehead atoms. The molecule has 1 fully saturated rings. The Bertz CT molecular complexity index is 408. The minimum absolute atomic E-state index is 0.164. The first kappa shape index (κ1) is 10.7. The fourth-order valence-corrected chi connectivity index (χ4v) is 2.46. The quantitative estimate of drug-likeness (QED) is 0.820. The Hall–Kier alpha value is -1.42. The maximum absolute atomic E-state index is 9.77. The van der Waals surface area contributed by atoms with E-state index in [1.54, 1.807) is 0 Å². The Morgan fingerprint density at radius 2 is 1.94 bits per heavy atom. The molecular formula is C13H17NO3. The number of anilines is 1. The predicted molar refractivity (Wildman–Crippen MR) is 64.7 cm³/mol. The third-order valence-corrected chi connectivity index (χ3v) is 3.37. The molecule has 1 aliphatic carbocycles. The van der Waals surface area contributed by atoms with Gasteiger partial charge in [-0.2, -0.15) is 0 Å². The standard InChI is InChI=1S/C13H17NO3/c15-11-3-1-2-10(11)14-9-4-5-12-13(8-9)17-7-6-16-12/h4-5,8,10-11,14-15H,1-3,6-7H2. The van der Waals surface area contributed by atoms with Crippen molar-refractivity contribution < 1.29 is 14.6 Å². The molecule has 2 atom stereocenters. The van der Waals surface area contributed by atoms with E-state index in [0.29, 0.717) is 13.2 Å². The van der Waals surface area contributed by atoms with E-state index in [9.17, 15) is 5.11 Å². The van der Waals surface area contributed by atoms with Crippen molar-refractivity contribution in [2.75, 3.05) is 18.5 Å². The first-order valence-corrected chi connectivity index (χ1v) is 6.17. The summed E-state index contributed by atoms with van der Waals surface area (Å²) in [6.45, 7) is 1.21. The molecule has 4 nitrogen and oxygen atoms in total. The Morgan fingerprint density at radius 3 is 2.71 bits per heavy atom. The molecule has 1 saturated carbocycles. The van der Waals surface area contributed by atoms with Gasteiger partial charge in [0.05, 0.1) is 12.1 Å². The van der Waals surface area contributed by atoms with Crippen molar-refractivity contribution in [3.05, 3.63) is 18.2 Å². The first-order valence-electron chi connectivity index (χ1n) is 6.17. The van der Waals surface area contributed by atoms with Crippen molar-refractivity contribution in [2.45, 2.75) is 31.4 Å². The van der Waals surface area contributed by atoms with Gasteiger partial charge < -0.3 is 19.9 Å². The molecule has 1 aliphatic heterocycles.